The highest BCUT2D eigenvalue weighted by molar-refractivity contribution is 5.15. The summed E-state index contributed by atoms with van der Waals surface area (Å²) < 4.78 is 18.6. The molecule has 17 heavy (non-hydrogen) atoms. The molecule has 0 bridgehead atoms. The predicted octanol–water partition coefficient (Wildman–Crippen LogP) is -1.20. The van der Waals surface area contributed by atoms with Crippen molar-refractivity contribution in [2.45, 2.75) is 6.54 Å². The molecular weight excluding hydrogens is 219 g/mol. The highest BCUT2D eigenvalue weighted by Gasteiger charge is 2.13. The lowest BCUT2D eigenvalue weighted by molar-refractivity contribution is -0.920. The predicted molar refractivity (Wildman–Crippen MR) is 63.3 cm³/mol. The summed E-state index contributed by atoms with van der Waals surface area (Å²) in [5.74, 6) is -0.0949. The van der Waals surface area contributed by atoms with Crippen LogP contribution in [0.25, 0.3) is 0 Å². The normalized spacial score (nSPS) is 17.2. The highest BCUT2D eigenvalue weighted by Crippen LogP contribution is 2.03. The Bertz CT molecular complexity index is 340. The molecule has 4 heteroatoms. The third-order valence-corrected chi connectivity index (χ3v) is 3.22. The van der Waals surface area contributed by atoms with Crippen molar-refractivity contribution in [1.29, 1.82) is 0 Å². The van der Waals surface area contributed by atoms with Crippen molar-refractivity contribution in [3.05, 3.63) is 35.6 Å². The van der Waals surface area contributed by atoms with Gasteiger partial charge in [-0.05, 0) is 6.07 Å². The quantitative estimate of drug-likeness (QED) is 0.623. The van der Waals surface area contributed by atoms with E-state index >= 15 is 0 Å². The summed E-state index contributed by atoms with van der Waals surface area (Å²) in [6, 6.07) is 7.00. The summed E-state index contributed by atoms with van der Waals surface area (Å²) in [5, 5.41) is 2.18. The zero-order valence-corrected chi connectivity index (χ0v) is 10.1. The van der Waals surface area contributed by atoms with Gasteiger partial charge >= 0.3 is 0 Å². The minimum Gasteiger partial charge on any atom is -0.370 e. The Kier molecular flexibility index (Phi) is 4.91. The molecule has 1 heterocycles. The van der Waals surface area contributed by atoms with Crippen LogP contribution in [0.1, 0.15) is 5.56 Å². The zero-order valence-electron chi connectivity index (χ0n) is 10.1. The molecule has 0 aromatic heterocycles. The Hall–Kier alpha value is -0.970. The molecule has 1 aliphatic heterocycles. The van der Waals surface area contributed by atoms with Crippen LogP contribution >= 0.6 is 0 Å². The van der Waals surface area contributed by atoms with Gasteiger partial charge in [0.05, 0.1) is 13.2 Å². The Morgan fingerprint density at radius 2 is 2.00 bits per heavy atom. The van der Waals surface area contributed by atoms with Gasteiger partial charge in [-0.2, -0.15) is 0 Å². The largest absolute Gasteiger partial charge is 0.370 e. The van der Waals surface area contributed by atoms with Crippen molar-refractivity contribution < 1.29 is 19.3 Å². The lowest BCUT2D eigenvalue weighted by atomic mass is 10.2. The van der Waals surface area contributed by atoms with E-state index < -0.39 is 0 Å². The van der Waals surface area contributed by atoms with E-state index in [1.807, 2.05) is 12.1 Å². The van der Waals surface area contributed by atoms with E-state index in [1.165, 1.54) is 6.07 Å². The molecule has 0 amide bonds. The fourth-order valence-electron chi connectivity index (χ4n) is 2.14. The maximum atomic E-state index is 13.3. The van der Waals surface area contributed by atoms with Gasteiger partial charge < -0.3 is 15.0 Å². The molecule has 0 aliphatic carbocycles. The topological polar surface area (TPSA) is 30.3 Å². The average Bonchev–Trinajstić information content (AvgIpc) is 2.38. The molecule has 2 rings (SSSR count). The number of halogens is 1. The van der Waals surface area contributed by atoms with Gasteiger partial charge in [0.2, 0.25) is 0 Å². The number of ether oxygens (including phenoxy) is 1. The molecule has 94 valence electrons. The first-order valence-electron chi connectivity index (χ1n) is 6.32. The fourth-order valence-corrected chi connectivity index (χ4v) is 2.14. The van der Waals surface area contributed by atoms with Crippen molar-refractivity contribution in [2.24, 2.45) is 0 Å². The minimum absolute atomic E-state index is 0.0949. The summed E-state index contributed by atoms with van der Waals surface area (Å²) in [5.41, 5.74) is 0.796. The van der Waals surface area contributed by atoms with E-state index in [4.69, 9.17) is 4.74 Å². The summed E-state index contributed by atoms with van der Waals surface area (Å²) in [6.45, 7) is 6.88. The van der Waals surface area contributed by atoms with Gasteiger partial charge in [-0.15, -0.1) is 0 Å². The lowest BCUT2D eigenvalue weighted by Crippen LogP contribution is -3.16. The third-order valence-electron chi connectivity index (χ3n) is 3.22. The second-order valence-corrected chi connectivity index (χ2v) is 4.49. The van der Waals surface area contributed by atoms with Gasteiger partial charge in [-0.1, -0.05) is 18.2 Å². The molecule has 0 unspecified atom stereocenters. The third kappa shape index (κ3) is 4.07. The van der Waals surface area contributed by atoms with Crippen LogP contribution < -0.4 is 10.2 Å². The number of rotatable bonds is 5. The zero-order chi connectivity index (χ0) is 11.9. The molecule has 3 nitrogen and oxygen atoms in total. The molecule has 0 saturated carbocycles. The summed E-state index contributed by atoms with van der Waals surface area (Å²) in [4.78, 5) is 1.60. The van der Waals surface area contributed by atoms with Crippen molar-refractivity contribution in [3.8, 4) is 0 Å². The first kappa shape index (κ1) is 12.5. The van der Waals surface area contributed by atoms with Crippen LogP contribution in [0.15, 0.2) is 24.3 Å². The lowest BCUT2D eigenvalue weighted by Gasteiger charge is -2.22. The standard InChI is InChI=1S/C13H19FN2O/c14-13-4-2-1-3-12(13)11-15-5-6-16-7-9-17-10-8-16/h1-4,15H,5-11H2/p+2. The van der Waals surface area contributed by atoms with E-state index in [0.29, 0.717) is 0 Å². The molecule has 1 aromatic carbocycles. The van der Waals surface area contributed by atoms with Crippen LogP contribution in [0.3, 0.4) is 0 Å². The van der Waals surface area contributed by atoms with Crippen LogP contribution in [-0.2, 0) is 11.3 Å². The Morgan fingerprint density at radius 1 is 1.24 bits per heavy atom. The second kappa shape index (κ2) is 6.69. The van der Waals surface area contributed by atoms with Gasteiger partial charge in [0.15, 0.2) is 0 Å². The SMILES string of the molecule is Fc1ccccc1C[NH2+]CC[NH+]1CCOCC1. The first-order chi connectivity index (χ1) is 8.36. The molecule has 0 spiro atoms. The van der Waals surface area contributed by atoms with Gasteiger partial charge in [-0.25, -0.2) is 4.39 Å². The molecule has 0 radical (unpaired) electrons. The van der Waals surface area contributed by atoms with E-state index in [2.05, 4.69) is 5.32 Å². The minimum atomic E-state index is -0.0949. The highest BCUT2D eigenvalue weighted by atomic mass is 19.1. The Labute approximate surface area is 102 Å². The van der Waals surface area contributed by atoms with Crippen LogP contribution in [0, 0.1) is 5.82 Å². The van der Waals surface area contributed by atoms with Gasteiger partial charge in [0, 0.05) is 5.56 Å². The van der Waals surface area contributed by atoms with Crippen molar-refractivity contribution in [1.82, 2.24) is 0 Å². The molecule has 1 aromatic rings. The Morgan fingerprint density at radius 3 is 2.76 bits per heavy atom. The second-order valence-electron chi connectivity index (χ2n) is 4.49. The monoisotopic (exact) mass is 240 g/mol. The number of hydrogen-bond donors (Lipinski definition) is 2. The van der Waals surface area contributed by atoms with E-state index in [-0.39, 0.29) is 5.82 Å². The van der Waals surface area contributed by atoms with Gasteiger partial charge in [-0.3, -0.25) is 0 Å². The number of morpholine rings is 1. The molecular formula is C13H21FN2O+2. The summed E-state index contributed by atoms with van der Waals surface area (Å²) in [6.07, 6.45) is 0. The molecule has 0 atom stereocenters. The van der Waals surface area contributed by atoms with Crippen LogP contribution in [0.5, 0.6) is 0 Å². The van der Waals surface area contributed by atoms with E-state index in [9.17, 15) is 4.39 Å². The molecule has 1 aliphatic rings. The van der Waals surface area contributed by atoms with Crippen LogP contribution in [-0.4, -0.2) is 39.4 Å². The average molecular weight is 240 g/mol. The number of benzene rings is 1. The van der Waals surface area contributed by atoms with Gasteiger partial charge in [0.25, 0.3) is 0 Å². The molecule has 1 fully saturated rings. The fraction of sp³-hybridized carbons (Fsp3) is 0.538. The smallest absolute Gasteiger partial charge is 0.132 e. The summed E-state index contributed by atoms with van der Waals surface area (Å²) >= 11 is 0. The van der Waals surface area contributed by atoms with Crippen molar-refractivity contribution >= 4 is 0 Å². The van der Waals surface area contributed by atoms with Crippen LogP contribution in [0.4, 0.5) is 4.39 Å². The summed E-state index contributed by atoms with van der Waals surface area (Å²) in [7, 11) is 0. The Balaban J connectivity index is 1.64. The first-order valence-corrected chi connectivity index (χ1v) is 6.32. The number of quaternary nitrogens is 2. The van der Waals surface area contributed by atoms with Crippen LogP contribution in [0.2, 0.25) is 0 Å². The molecule has 1 saturated heterocycles. The van der Waals surface area contributed by atoms with E-state index in [1.54, 1.807) is 11.0 Å². The maximum absolute atomic E-state index is 13.3. The van der Waals surface area contributed by atoms with E-state index in [0.717, 1.165) is 51.5 Å². The number of hydrogen-bond acceptors (Lipinski definition) is 1. The number of nitrogens with two attached hydrogens (primary N) is 1. The van der Waals surface area contributed by atoms with Crippen molar-refractivity contribution in [3.63, 3.8) is 0 Å². The van der Waals surface area contributed by atoms with Gasteiger partial charge in [0.1, 0.15) is 38.5 Å². The molecule has 3 N–H and O–H groups in total. The van der Waals surface area contributed by atoms with Crippen molar-refractivity contribution in [2.75, 3.05) is 39.4 Å². The number of nitrogens with one attached hydrogen (secondary N) is 1. The maximum Gasteiger partial charge on any atom is 0.132 e.